The van der Waals surface area contributed by atoms with Crippen molar-refractivity contribution in [2.24, 2.45) is 5.41 Å². The minimum absolute atomic E-state index is 0.0171. The number of carbonyl (C=O) groups excluding carboxylic acids is 1. The van der Waals surface area contributed by atoms with Crippen LogP contribution < -0.4 is 10.6 Å². The van der Waals surface area contributed by atoms with Crippen LogP contribution in [-0.4, -0.2) is 37.3 Å². The molecule has 4 heteroatoms. The molecule has 17 heavy (non-hydrogen) atoms. The molecule has 0 aromatic rings. The van der Waals surface area contributed by atoms with Crippen LogP contribution in [-0.2, 0) is 4.79 Å². The van der Waals surface area contributed by atoms with Gasteiger partial charge in [-0.05, 0) is 19.3 Å². The normalized spacial score (nSPS) is 18.9. The van der Waals surface area contributed by atoms with E-state index >= 15 is 0 Å². The highest BCUT2D eigenvalue weighted by atomic mass is 16.3. The summed E-state index contributed by atoms with van der Waals surface area (Å²) < 4.78 is 0. The Labute approximate surface area is 104 Å². The molecule has 0 spiro atoms. The predicted molar refractivity (Wildman–Crippen MR) is 68.8 cm³/mol. The second-order valence-electron chi connectivity index (χ2n) is 5.17. The topological polar surface area (TPSA) is 61.4 Å². The number of hydrogen-bond donors (Lipinski definition) is 3. The molecule has 1 aliphatic carbocycles. The predicted octanol–water partition coefficient (Wildman–Crippen LogP) is 1.04. The molecule has 0 bridgehead atoms. The largest absolute Gasteiger partial charge is 0.396 e. The number of hydrogen-bond acceptors (Lipinski definition) is 3. The summed E-state index contributed by atoms with van der Waals surface area (Å²) in [5, 5.41) is 15.5. The number of aliphatic hydroxyl groups excluding tert-OH is 1. The van der Waals surface area contributed by atoms with E-state index in [9.17, 15) is 9.90 Å². The SMILES string of the molecule is CCCNC(=O)CNCC1(CO)CCCCC1. The van der Waals surface area contributed by atoms with Gasteiger partial charge >= 0.3 is 0 Å². The van der Waals surface area contributed by atoms with Crippen LogP contribution in [0.4, 0.5) is 0 Å². The van der Waals surface area contributed by atoms with Crippen molar-refractivity contribution in [3.8, 4) is 0 Å². The zero-order valence-corrected chi connectivity index (χ0v) is 10.9. The zero-order chi connectivity index (χ0) is 12.6. The van der Waals surface area contributed by atoms with Crippen molar-refractivity contribution in [3.63, 3.8) is 0 Å². The third kappa shape index (κ3) is 5.04. The fourth-order valence-corrected chi connectivity index (χ4v) is 2.46. The number of nitrogens with one attached hydrogen (secondary N) is 2. The lowest BCUT2D eigenvalue weighted by molar-refractivity contribution is -0.120. The summed E-state index contributed by atoms with van der Waals surface area (Å²) in [5.41, 5.74) is 0.0171. The first-order chi connectivity index (χ1) is 8.22. The van der Waals surface area contributed by atoms with Gasteiger partial charge in [0.25, 0.3) is 0 Å². The van der Waals surface area contributed by atoms with E-state index in [2.05, 4.69) is 10.6 Å². The van der Waals surface area contributed by atoms with E-state index in [1.807, 2.05) is 6.92 Å². The van der Waals surface area contributed by atoms with Crippen LogP contribution in [0.1, 0.15) is 45.4 Å². The molecule has 4 nitrogen and oxygen atoms in total. The summed E-state index contributed by atoms with van der Waals surface area (Å²) in [5.74, 6) is 0.0516. The van der Waals surface area contributed by atoms with E-state index < -0.39 is 0 Å². The van der Waals surface area contributed by atoms with E-state index in [0.29, 0.717) is 6.54 Å². The van der Waals surface area contributed by atoms with Crippen LogP contribution in [0.2, 0.25) is 0 Å². The molecular weight excluding hydrogens is 216 g/mol. The maximum absolute atomic E-state index is 11.4. The Balaban J connectivity index is 2.21. The number of amides is 1. The Kier molecular flexibility index (Phi) is 6.52. The van der Waals surface area contributed by atoms with Crippen molar-refractivity contribution in [2.45, 2.75) is 45.4 Å². The van der Waals surface area contributed by atoms with E-state index in [4.69, 9.17) is 0 Å². The molecular formula is C13H26N2O2. The molecule has 1 aliphatic rings. The van der Waals surface area contributed by atoms with Gasteiger partial charge in [-0.15, -0.1) is 0 Å². The van der Waals surface area contributed by atoms with Gasteiger partial charge in [-0.3, -0.25) is 4.79 Å². The Hall–Kier alpha value is -0.610. The summed E-state index contributed by atoms with van der Waals surface area (Å²) in [7, 11) is 0. The van der Waals surface area contributed by atoms with Crippen molar-refractivity contribution < 1.29 is 9.90 Å². The minimum atomic E-state index is 0.0171. The van der Waals surface area contributed by atoms with Crippen LogP contribution in [0.25, 0.3) is 0 Å². The summed E-state index contributed by atoms with van der Waals surface area (Å²) in [6, 6.07) is 0. The van der Waals surface area contributed by atoms with Gasteiger partial charge in [0.2, 0.25) is 5.91 Å². The molecule has 0 heterocycles. The highest BCUT2D eigenvalue weighted by Crippen LogP contribution is 2.34. The first-order valence-electron chi connectivity index (χ1n) is 6.81. The van der Waals surface area contributed by atoms with Crippen molar-refractivity contribution in [3.05, 3.63) is 0 Å². The molecule has 0 atom stereocenters. The molecule has 1 saturated carbocycles. The highest BCUT2D eigenvalue weighted by Gasteiger charge is 2.30. The number of carbonyl (C=O) groups is 1. The van der Waals surface area contributed by atoms with Gasteiger partial charge < -0.3 is 15.7 Å². The third-order valence-electron chi connectivity index (χ3n) is 3.61. The van der Waals surface area contributed by atoms with Crippen molar-refractivity contribution >= 4 is 5.91 Å². The molecule has 0 aromatic carbocycles. The van der Waals surface area contributed by atoms with E-state index in [0.717, 1.165) is 32.4 Å². The minimum Gasteiger partial charge on any atom is -0.396 e. The standard InChI is InChI=1S/C13H26N2O2/c1-2-8-15-12(17)9-14-10-13(11-16)6-4-3-5-7-13/h14,16H,2-11H2,1H3,(H,15,17). The summed E-state index contributed by atoms with van der Waals surface area (Å²) in [4.78, 5) is 11.4. The molecule has 1 fully saturated rings. The lowest BCUT2D eigenvalue weighted by atomic mass is 9.74. The smallest absolute Gasteiger partial charge is 0.233 e. The zero-order valence-electron chi connectivity index (χ0n) is 10.9. The molecule has 0 unspecified atom stereocenters. The van der Waals surface area contributed by atoms with Crippen LogP contribution in [0.15, 0.2) is 0 Å². The fraction of sp³-hybridized carbons (Fsp3) is 0.923. The Morgan fingerprint density at radius 2 is 2.00 bits per heavy atom. The molecule has 0 radical (unpaired) electrons. The van der Waals surface area contributed by atoms with Gasteiger partial charge in [-0.2, -0.15) is 0 Å². The van der Waals surface area contributed by atoms with E-state index in [-0.39, 0.29) is 17.9 Å². The highest BCUT2D eigenvalue weighted by molar-refractivity contribution is 5.77. The molecule has 3 N–H and O–H groups in total. The average molecular weight is 242 g/mol. The molecule has 0 aliphatic heterocycles. The lowest BCUT2D eigenvalue weighted by Crippen LogP contribution is -2.43. The Bertz CT molecular complexity index is 225. The Morgan fingerprint density at radius 1 is 1.29 bits per heavy atom. The summed E-state index contributed by atoms with van der Waals surface area (Å²) in [6.45, 7) is 4.13. The van der Waals surface area contributed by atoms with Gasteiger partial charge in [0, 0.05) is 25.1 Å². The Morgan fingerprint density at radius 3 is 2.59 bits per heavy atom. The lowest BCUT2D eigenvalue weighted by Gasteiger charge is -2.35. The van der Waals surface area contributed by atoms with Crippen LogP contribution in [0.5, 0.6) is 0 Å². The fourth-order valence-electron chi connectivity index (χ4n) is 2.46. The maximum Gasteiger partial charge on any atom is 0.233 e. The molecule has 0 saturated heterocycles. The van der Waals surface area contributed by atoms with Gasteiger partial charge in [0.15, 0.2) is 0 Å². The van der Waals surface area contributed by atoms with Crippen LogP contribution in [0.3, 0.4) is 0 Å². The quantitative estimate of drug-likeness (QED) is 0.625. The van der Waals surface area contributed by atoms with Gasteiger partial charge in [0.05, 0.1) is 6.54 Å². The van der Waals surface area contributed by atoms with E-state index in [1.165, 1.54) is 19.3 Å². The molecule has 0 aromatic heterocycles. The maximum atomic E-state index is 11.4. The van der Waals surface area contributed by atoms with Crippen LogP contribution >= 0.6 is 0 Å². The van der Waals surface area contributed by atoms with Crippen LogP contribution in [0, 0.1) is 5.41 Å². The first kappa shape index (κ1) is 14.5. The second-order valence-corrected chi connectivity index (χ2v) is 5.17. The van der Waals surface area contributed by atoms with Gasteiger partial charge in [-0.25, -0.2) is 0 Å². The number of rotatable bonds is 7. The molecule has 100 valence electrons. The van der Waals surface area contributed by atoms with Crippen molar-refractivity contribution in [1.82, 2.24) is 10.6 Å². The second kappa shape index (κ2) is 7.67. The molecule has 1 rings (SSSR count). The third-order valence-corrected chi connectivity index (χ3v) is 3.61. The van der Waals surface area contributed by atoms with Crippen molar-refractivity contribution in [2.75, 3.05) is 26.2 Å². The summed E-state index contributed by atoms with van der Waals surface area (Å²) >= 11 is 0. The average Bonchev–Trinajstić information content (AvgIpc) is 2.37. The van der Waals surface area contributed by atoms with E-state index in [1.54, 1.807) is 0 Å². The summed E-state index contributed by atoms with van der Waals surface area (Å²) in [6.07, 6.45) is 6.79. The molecule has 1 amide bonds. The van der Waals surface area contributed by atoms with Gasteiger partial charge in [0.1, 0.15) is 0 Å². The van der Waals surface area contributed by atoms with Gasteiger partial charge in [-0.1, -0.05) is 26.2 Å². The number of aliphatic hydroxyl groups is 1. The monoisotopic (exact) mass is 242 g/mol. The van der Waals surface area contributed by atoms with Crippen molar-refractivity contribution in [1.29, 1.82) is 0 Å². The first-order valence-corrected chi connectivity index (χ1v) is 6.81.